The number of ether oxygens (including phenoxy) is 3. The van der Waals surface area contributed by atoms with Gasteiger partial charge in [-0.1, -0.05) is 40.0 Å². The molecule has 3 nitrogen and oxygen atoms in total. The Balaban J connectivity index is 3.92. The van der Waals surface area contributed by atoms with Crippen LogP contribution in [0.2, 0.25) is 0 Å². The number of hydrogen-bond donors (Lipinski definition) is 0. The van der Waals surface area contributed by atoms with Gasteiger partial charge in [0.1, 0.15) is 6.10 Å². The highest BCUT2D eigenvalue weighted by Crippen LogP contribution is 2.08. The third kappa shape index (κ3) is 11.4. The zero-order valence-electron chi connectivity index (χ0n) is 13.5. The van der Waals surface area contributed by atoms with Crippen molar-refractivity contribution in [2.45, 2.75) is 78.4 Å². The smallest absolute Gasteiger partial charge is 0.107 e. The SMILES string of the molecule is CCCCOC[C@H](OCCCC)[C@@H](C)OCCCC. The molecule has 2 atom stereocenters. The van der Waals surface area contributed by atoms with E-state index < -0.39 is 0 Å². The third-order valence-corrected chi connectivity index (χ3v) is 3.16. The zero-order valence-corrected chi connectivity index (χ0v) is 13.5. The van der Waals surface area contributed by atoms with Crippen LogP contribution < -0.4 is 0 Å². The van der Waals surface area contributed by atoms with Crippen molar-refractivity contribution in [1.29, 1.82) is 0 Å². The first-order chi connectivity index (χ1) is 9.26. The van der Waals surface area contributed by atoms with Crippen LogP contribution in [0.1, 0.15) is 66.2 Å². The maximum Gasteiger partial charge on any atom is 0.107 e. The second-order valence-corrected chi connectivity index (χ2v) is 5.12. The Morgan fingerprint density at radius 2 is 1.26 bits per heavy atom. The highest BCUT2D eigenvalue weighted by molar-refractivity contribution is 4.66. The normalized spacial score (nSPS) is 14.5. The average molecular weight is 274 g/mol. The van der Waals surface area contributed by atoms with Crippen molar-refractivity contribution in [3.63, 3.8) is 0 Å². The Morgan fingerprint density at radius 3 is 1.84 bits per heavy atom. The van der Waals surface area contributed by atoms with Gasteiger partial charge in [-0.3, -0.25) is 0 Å². The highest BCUT2D eigenvalue weighted by atomic mass is 16.6. The quantitative estimate of drug-likeness (QED) is 0.444. The van der Waals surface area contributed by atoms with Gasteiger partial charge in [0.25, 0.3) is 0 Å². The summed E-state index contributed by atoms with van der Waals surface area (Å²) in [4.78, 5) is 0. The van der Waals surface area contributed by atoms with Gasteiger partial charge < -0.3 is 14.2 Å². The lowest BCUT2D eigenvalue weighted by atomic mass is 10.2. The maximum absolute atomic E-state index is 5.91. The fourth-order valence-electron chi connectivity index (χ4n) is 1.66. The monoisotopic (exact) mass is 274 g/mol. The van der Waals surface area contributed by atoms with Gasteiger partial charge in [0.15, 0.2) is 0 Å². The summed E-state index contributed by atoms with van der Waals surface area (Å²) in [6.45, 7) is 11.7. The topological polar surface area (TPSA) is 27.7 Å². The summed E-state index contributed by atoms with van der Waals surface area (Å²) in [5, 5.41) is 0. The summed E-state index contributed by atoms with van der Waals surface area (Å²) in [6, 6.07) is 0. The Kier molecular flexibility index (Phi) is 14.2. The Bertz CT molecular complexity index is 173. The molecule has 0 N–H and O–H groups in total. The number of rotatable bonds is 14. The van der Waals surface area contributed by atoms with Gasteiger partial charge in [-0.15, -0.1) is 0 Å². The van der Waals surface area contributed by atoms with Crippen molar-refractivity contribution in [2.75, 3.05) is 26.4 Å². The van der Waals surface area contributed by atoms with Crippen LogP contribution >= 0.6 is 0 Å². The molecule has 19 heavy (non-hydrogen) atoms. The van der Waals surface area contributed by atoms with Gasteiger partial charge in [-0.2, -0.15) is 0 Å². The largest absolute Gasteiger partial charge is 0.379 e. The third-order valence-electron chi connectivity index (χ3n) is 3.16. The van der Waals surface area contributed by atoms with Crippen molar-refractivity contribution in [1.82, 2.24) is 0 Å². The lowest BCUT2D eigenvalue weighted by Crippen LogP contribution is -2.34. The van der Waals surface area contributed by atoms with E-state index in [1.165, 1.54) is 12.8 Å². The molecule has 0 aromatic rings. The molecule has 0 aliphatic heterocycles. The van der Waals surface area contributed by atoms with Gasteiger partial charge in [0, 0.05) is 19.8 Å². The Hall–Kier alpha value is -0.120. The van der Waals surface area contributed by atoms with Crippen LogP contribution in [0, 0.1) is 0 Å². The van der Waals surface area contributed by atoms with E-state index in [1.54, 1.807) is 0 Å². The summed E-state index contributed by atoms with van der Waals surface area (Å²) in [5.41, 5.74) is 0. The molecule has 0 fully saturated rings. The van der Waals surface area contributed by atoms with E-state index in [-0.39, 0.29) is 12.2 Å². The van der Waals surface area contributed by atoms with Gasteiger partial charge in [0.2, 0.25) is 0 Å². The molecule has 116 valence electrons. The number of hydrogen-bond acceptors (Lipinski definition) is 3. The summed E-state index contributed by atoms with van der Waals surface area (Å²) < 4.78 is 17.4. The van der Waals surface area contributed by atoms with E-state index in [2.05, 4.69) is 27.7 Å². The summed E-state index contributed by atoms with van der Waals surface area (Å²) in [6.07, 6.45) is 7.02. The second-order valence-electron chi connectivity index (χ2n) is 5.12. The predicted molar refractivity (Wildman–Crippen MR) is 80.7 cm³/mol. The van der Waals surface area contributed by atoms with Crippen LogP contribution in [-0.2, 0) is 14.2 Å². The fraction of sp³-hybridized carbons (Fsp3) is 1.00. The lowest BCUT2D eigenvalue weighted by Gasteiger charge is -2.24. The molecule has 0 rings (SSSR count). The minimum atomic E-state index is 0.0697. The predicted octanol–water partition coefficient (Wildman–Crippen LogP) is 4.19. The molecule has 0 aliphatic rings. The molecule has 3 heteroatoms. The molecule has 0 aromatic heterocycles. The first-order valence-electron chi connectivity index (χ1n) is 8.07. The van der Waals surface area contributed by atoms with Gasteiger partial charge >= 0.3 is 0 Å². The average Bonchev–Trinajstić information content (AvgIpc) is 2.41. The zero-order chi connectivity index (χ0) is 14.3. The van der Waals surface area contributed by atoms with Gasteiger partial charge in [0.05, 0.1) is 12.7 Å². The minimum absolute atomic E-state index is 0.0697. The van der Waals surface area contributed by atoms with Crippen molar-refractivity contribution in [3.05, 3.63) is 0 Å². The molecule has 0 aliphatic carbocycles. The molecule has 0 amide bonds. The van der Waals surface area contributed by atoms with Crippen LogP contribution in [0.15, 0.2) is 0 Å². The first-order valence-corrected chi connectivity index (χ1v) is 8.07. The van der Waals surface area contributed by atoms with Crippen molar-refractivity contribution in [3.8, 4) is 0 Å². The molecule has 0 bridgehead atoms. The van der Waals surface area contributed by atoms with E-state index in [1.807, 2.05) is 0 Å². The van der Waals surface area contributed by atoms with Gasteiger partial charge in [-0.25, -0.2) is 0 Å². The number of unbranched alkanes of at least 4 members (excludes halogenated alkanes) is 3. The molecule has 0 spiro atoms. The molecule has 0 saturated carbocycles. The second kappa shape index (κ2) is 14.3. The summed E-state index contributed by atoms with van der Waals surface area (Å²) >= 11 is 0. The van der Waals surface area contributed by atoms with E-state index in [0.29, 0.717) is 6.61 Å². The van der Waals surface area contributed by atoms with Crippen molar-refractivity contribution < 1.29 is 14.2 Å². The van der Waals surface area contributed by atoms with Crippen LogP contribution in [-0.4, -0.2) is 38.6 Å². The van der Waals surface area contributed by atoms with E-state index in [9.17, 15) is 0 Å². The van der Waals surface area contributed by atoms with Crippen LogP contribution in [0.3, 0.4) is 0 Å². The van der Waals surface area contributed by atoms with Crippen LogP contribution in [0.4, 0.5) is 0 Å². The van der Waals surface area contributed by atoms with E-state index >= 15 is 0 Å². The molecule has 0 heterocycles. The Morgan fingerprint density at radius 1 is 0.737 bits per heavy atom. The molecule has 0 saturated heterocycles. The van der Waals surface area contributed by atoms with Crippen LogP contribution in [0.25, 0.3) is 0 Å². The van der Waals surface area contributed by atoms with E-state index in [0.717, 1.165) is 45.5 Å². The Labute approximate surface area is 120 Å². The molecule has 0 radical (unpaired) electrons. The minimum Gasteiger partial charge on any atom is -0.379 e. The van der Waals surface area contributed by atoms with Gasteiger partial charge in [-0.05, 0) is 26.2 Å². The molecule has 0 aromatic carbocycles. The molecular weight excluding hydrogens is 240 g/mol. The molecular formula is C16H34O3. The first kappa shape index (κ1) is 18.9. The lowest BCUT2D eigenvalue weighted by molar-refractivity contribution is -0.0984. The van der Waals surface area contributed by atoms with E-state index in [4.69, 9.17) is 14.2 Å². The van der Waals surface area contributed by atoms with Crippen LogP contribution in [0.5, 0.6) is 0 Å². The molecule has 0 unspecified atom stereocenters. The maximum atomic E-state index is 5.91. The fourth-order valence-corrected chi connectivity index (χ4v) is 1.66. The highest BCUT2D eigenvalue weighted by Gasteiger charge is 2.18. The summed E-state index contributed by atoms with van der Waals surface area (Å²) in [7, 11) is 0. The standard InChI is InChI=1S/C16H34O3/c1-5-8-11-17-14-16(19-13-10-7-3)15(4)18-12-9-6-2/h15-16H,5-14H2,1-4H3/t15-,16+/m1/s1. The van der Waals surface area contributed by atoms with Crippen molar-refractivity contribution >= 4 is 0 Å². The van der Waals surface area contributed by atoms with Crippen molar-refractivity contribution in [2.24, 2.45) is 0 Å². The summed E-state index contributed by atoms with van der Waals surface area (Å²) in [5.74, 6) is 0.